The van der Waals surface area contributed by atoms with Crippen LogP contribution in [0, 0.1) is 5.41 Å². The first-order chi connectivity index (χ1) is 12.1. The van der Waals surface area contributed by atoms with E-state index in [1.54, 1.807) is 0 Å². The monoisotopic (exact) mass is 480 g/mol. The van der Waals surface area contributed by atoms with E-state index in [9.17, 15) is 5.11 Å². The first kappa shape index (κ1) is 25.2. The second-order valence-corrected chi connectivity index (χ2v) is 6.47. The Morgan fingerprint density at radius 2 is 1.81 bits per heavy atom. The molecule has 0 saturated carbocycles. The highest BCUT2D eigenvalue weighted by Crippen LogP contribution is 2.29. The van der Waals surface area contributed by atoms with Gasteiger partial charge in [0.1, 0.15) is 5.76 Å². The molecular formula is C19H37IN4O2. The van der Waals surface area contributed by atoms with E-state index in [2.05, 4.69) is 50.4 Å². The van der Waals surface area contributed by atoms with Gasteiger partial charge in [-0.25, -0.2) is 4.99 Å². The Morgan fingerprint density at radius 1 is 1.12 bits per heavy atom. The number of aromatic nitrogens is 1. The summed E-state index contributed by atoms with van der Waals surface area (Å²) in [6, 6.07) is 0. The van der Waals surface area contributed by atoms with Crippen molar-refractivity contribution in [2.75, 3.05) is 19.7 Å². The van der Waals surface area contributed by atoms with Gasteiger partial charge in [-0.1, -0.05) is 32.9 Å². The minimum Gasteiger partial charge on any atom is -0.396 e. The quantitative estimate of drug-likeness (QED) is 0.256. The van der Waals surface area contributed by atoms with Crippen LogP contribution in [0.15, 0.2) is 9.52 Å². The molecule has 0 saturated heterocycles. The maximum atomic E-state index is 9.39. The summed E-state index contributed by atoms with van der Waals surface area (Å²) in [4.78, 5) is 4.74. The number of rotatable bonds is 11. The number of aliphatic hydroxyl groups excluding tert-OH is 1. The molecule has 0 aliphatic rings. The molecule has 26 heavy (non-hydrogen) atoms. The van der Waals surface area contributed by atoms with Gasteiger partial charge < -0.3 is 20.3 Å². The number of guanidine groups is 1. The minimum absolute atomic E-state index is 0. The third-order valence-electron chi connectivity index (χ3n) is 5.12. The van der Waals surface area contributed by atoms with Gasteiger partial charge >= 0.3 is 0 Å². The number of nitrogens with one attached hydrogen (secondary N) is 2. The van der Waals surface area contributed by atoms with Crippen molar-refractivity contribution in [3.05, 3.63) is 17.0 Å². The summed E-state index contributed by atoms with van der Waals surface area (Å²) in [6.07, 6.45) is 4.54. The average Bonchev–Trinajstić information content (AvgIpc) is 3.04. The van der Waals surface area contributed by atoms with Gasteiger partial charge in [-0.05, 0) is 38.0 Å². The van der Waals surface area contributed by atoms with E-state index < -0.39 is 0 Å². The van der Waals surface area contributed by atoms with Gasteiger partial charge in [0.2, 0.25) is 0 Å². The van der Waals surface area contributed by atoms with Crippen LogP contribution in [0.3, 0.4) is 0 Å². The number of halogens is 1. The SMILES string of the molecule is CCNC(=NCc1c(CC)noc1CC)NCC(CC)(CC)CCO.I. The second kappa shape index (κ2) is 13.4. The van der Waals surface area contributed by atoms with Crippen molar-refractivity contribution in [1.82, 2.24) is 15.8 Å². The van der Waals surface area contributed by atoms with Crippen LogP contribution in [0.5, 0.6) is 0 Å². The van der Waals surface area contributed by atoms with Crippen LogP contribution in [0.4, 0.5) is 0 Å². The molecule has 1 aromatic rings. The van der Waals surface area contributed by atoms with Gasteiger partial charge in [0, 0.05) is 31.7 Å². The predicted octanol–water partition coefficient (Wildman–Crippen LogP) is 3.66. The maximum absolute atomic E-state index is 9.39. The molecule has 1 aromatic heterocycles. The Morgan fingerprint density at radius 3 is 2.31 bits per heavy atom. The molecule has 0 aliphatic carbocycles. The van der Waals surface area contributed by atoms with E-state index in [4.69, 9.17) is 9.52 Å². The zero-order chi connectivity index (χ0) is 18.7. The lowest BCUT2D eigenvalue weighted by Crippen LogP contribution is -2.43. The Bertz CT molecular complexity index is 506. The fourth-order valence-electron chi connectivity index (χ4n) is 3.07. The normalized spacial score (nSPS) is 12.0. The topological polar surface area (TPSA) is 82.7 Å². The number of hydrogen-bond donors (Lipinski definition) is 3. The van der Waals surface area contributed by atoms with Gasteiger partial charge in [-0.2, -0.15) is 0 Å². The van der Waals surface area contributed by atoms with Gasteiger partial charge in [0.25, 0.3) is 0 Å². The second-order valence-electron chi connectivity index (χ2n) is 6.47. The summed E-state index contributed by atoms with van der Waals surface area (Å²) in [5.74, 6) is 1.73. The Labute approximate surface area is 175 Å². The van der Waals surface area contributed by atoms with E-state index in [0.29, 0.717) is 6.54 Å². The third-order valence-corrected chi connectivity index (χ3v) is 5.12. The zero-order valence-electron chi connectivity index (χ0n) is 17.0. The summed E-state index contributed by atoms with van der Waals surface area (Å²) in [5, 5.41) is 20.3. The molecule has 0 aromatic carbocycles. The van der Waals surface area contributed by atoms with Crippen molar-refractivity contribution in [2.45, 2.75) is 73.3 Å². The van der Waals surface area contributed by atoms with Crippen molar-refractivity contribution in [3.63, 3.8) is 0 Å². The zero-order valence-corrected chi connectivity index (χ0v) is 19.4. The standard InChI is InChI=1S/C19H36N4O2.HI/c1-6-16-15(17(7-2)25-23-16)13-21-18(20-10-5)22-14-19(8-3,9-4)11-12-24;/h24H,6-14H2,1-5H3,(H2,20,21,22);1H. The predicted molar refractivity (Wildman–Crippen MR) is 118 cm³/mol. The van der Waals surface area contributed by atoms with Crippen molar-refractivity contribution in [1.29, 1.82) is 0 Å². The van der Waals surface area contributed by atoms with E-state index in [-0.39, 0.29) is 36.0 Å². The number of aliphatic imine (C=N–C) groups is 1. The molecule has 0 fully saturated rings. The van der Waals surface area contributed by atoms with E-state index in [0.717, 1.165) is 68.2 Å². The molecule has 0 atom stereocenters. The van der Waals surface area contributed by atoms with Crippen LogP contribution < -0.4 is 10.6 Å². The third kappa shape index (κ3) is 7.06. The van der Waals surface area contributed by atoms with Crippen LogP contribution in [0.25, 0.3) is 0 Å². The molecule has 7 heteroatoms. The summed E-state index contributed by atoms with van der Waals surface area (Å²) in [6.45, 7) is 13.0. The van der Waals surface area contributed by atoms with E-state index >= 15 is 0 Å². The molecule has 6 nitrogen and oxygen atoms in total. The molecule has 3 N–H and O–H groups in total. The molecule has 0 unspecified atom stereocenters. The highest BCUT2D eigenvalue weighted by Gasteiger charge is 2.25. The Hall–Kier alpha value is -0.830. The van der Waals surface area contributed by atoms with E-state index in [1.165, 1.54) is 0 Å². The molecule has 152 valence electrons. The molecular weight excluding hydrogens is 443 g/mol. The van der Waals surface area contributed by atoms with Crippen LogP contribution in [0.2, 0.25) is 0 Å². The first-order valence-electron chi connectivity index (χ1n) is 9.68. The summed E-state index contributed by atoms with van der Waals surface area (Å²) in [5.41, 5.74) is 2.20. The number of aliphatic hydroxyl groups is 1. The van der Waals surface area contributed by atoms with Gasteiger partial charge in [0.15, 0.2) is 5.96 Å². The maximum Gasteiger partial charge on any atom is 0.191 e. The average molecular weight is 480 g/mol. The number of hydrogen-bond acceptors (Lipinski definition) is 4. The van der Waals surface area contributed by atoms with Crippen molar-refractivity contribution in [2.24, 2.45) is 10.4 Å². The minimum atomic E-state index is 0. The summed E-state index contributed by atoms with van der Waals surface area (Å²) < 4.78 is 5.42. The fourth-order valence-corrected chi connectivity index (χ4v) is 3.07. The number of aryl methyl sites for hydroxylation is 2. The Balaban J connectivity index is 0.00000625. The molecule has 0 bridgehead atoms. The molecule has 1 heterocycles. The van der Waals surface area contributed by atoms with Crippen LogP contribution in [-0.4, -0.2) is 35.9 Å². The van der Waals surface area contributed by atoms with Gasteiger partial charge in [0.05, 0.1) is 12.2 Å². The van der Waals surface area contributed by atoms with Crippen LogP contribution in [0.1, 0.15) is 70.9 Å². The van der Waals surface area contributed by atoms with Crippen molar-refractivity contribution < 1.29 is 9.63 Å². The number of nitrogens with zero attached hydrogens (tertiary/aromatic N) is 2. The first-order valence-corrected chi connectivity index (χ1v) is 9.68. The van der Waals surface area contributed by atoms with Crippen LogP contribution in [-0.2, 0) is 19.4 Å². The Kier molecular flexibility index (Phi) is 12.9. The summed E-state index contributed by atoms with van der Waals surface area (Å²) >= 11 is 0. The van der Waals surface area contributed by atoms with Crippen molar-refractivity contribution in [3.8, 4) is 0 Å². The fraction of sp³-hybridized carbons (Fsp3) is 0.789. The van der Waals surface area contributed by atoms with Crippen molar-refractivity contribution >= 4 is 29.9 Å². The van der Waals surface area contributed by atoms with Crippen LogP contribution >= 0.6 is 24.0 Å². The summed E-state index contributed by atoms with van der Waals surface area (Å²) in [7, 11) is 0. The highest BCUT2D eigenvalue weighted by molar-refractivity contribution is 14.0. The van der Waals surface area contributed by atoms with E-state index in [1.807, 2.05) is 0 Å². The lowest BCUT2D eigenvalue weighted by Gasteiger charge is -2.32. The lowest BCUT2D eigenvalue weighted by molar-refractivity contribution is 0.169. The highest BCUT2D eigenvalue weighted by atomic mass is 127. The molecule has 0 aliphatic heterocycles. The largest absolute Gasteiger partial charge is 0.396 e. The van der Waals surface area contributed by atoms with Gasteiger partial charge in [-0.15, -0.1) is 24.0 Å². The molecule has 0 radical (unpaired) electrons. The molecule has 0 amide bonds. The lowest BCUT2D eigenvalue weighted by atomic mass is 9.79. The molecule has 1 rings (SSSR count). The smallest absolute Gasteiger partial charge is 0.191 e. The van der Waals surface area contributed by atoms with Gasteiger partial charge in [-0.3, -0.25) is 0 Å². The molecule has 0 spiro atoms.